The second kappa shape index (κ2) is 3.54. The summed E-state index contributed by atoms with van der Waals surface area (Å²) in [4.78, 5) is 28.5. The van der Waals surface area contributed by atoms with Crippen molar-refractivity contribution in [3.05, 3.63) is 17.7 Å². The maximum absolute atomic E-state index is 11.0. The summed E-state index contributed by atoms with van der Waals surface area (Å²) in [5.74, 6) is -1.53. The fraction of sp³-hybridized carbons (Fsp3) is 0. The minimum Gasteiger partial charge on any atom is -0.478 e. The molecule has 1 aromatic rings. The van der Waals surface area contributed by atoms with Gasteiger partial charge in [0.1, 0.15) is 0 Å². The molecule has 0 aliphatic carbocycles. The minimum absolute atomic E-state index is 0.0374. The fourth-order valence-corrected chi connectivity index (χ4v) is 1.87. The van der Waals surface area contributed by atoms with Crippen molar-refractivity contribution in [3.8, 4) is 0 Å². The molecule has 0 radical (unpaired) electrons. The van der Waals surface area contributed by atoms with E-state index in [1.165, 1.54) is 0 Å². The van der Waals surface area contributed by atoms with Gasteiger partial charge in [0.2, 0.25) is 0 Å². The Labute approximate surface area is 84.5 Å². The van der Waals surface area contributed by atoms with Crippen molar-refractivity contribution in [2.45, 2.75) is 0 Å². The van der Waals surface area contributed by atoms with Crippen molar-refractivity contribution in [3.63, 3.8) is 0 Å². The molecule has 82 valence electrons. The molecular formula is C7H9N2O5P. The fourth-order valence-electron chi connectivity index (χ4n) is 1.09. The van der Waals surface area contributed by atoms with Gasteiger partial charge in [0, 0.05) is 0 Å². The van der Waals surface area contributed by atoms with E-state index in [1.807, 2.05) is 0 Å². The quantitative estimate of drug-likeness (QED) is 0.336. The zero-order valence-electron chi connectivity index (χ0n) is 7.41. The highest BCUT2D eigenvalue weighted by Gasteiger charge is 2.27. The summed E-state index contributed by atoms with van der Waals surface area (Å²) in [7, 11) is -4.67. The number of carboxylic acids is 1. The molecule has 1 aromatic carbocycles. The van der Waals surface area contributed by atoms with Gasteiger partial charge in [-0.15, -0.1) is 0 Å². The number of carbonyl (C=O) groups is 1. The smallest absolute Gasteiger partial charge is 0.357 e. The molecule has 0 amide bonds. The van der Waals surface area contributed by atoms with Crippen molar-refractivity contribution < 1.29 is 24.3 Å². The number of hydrogen-bond donors (Lipinski definition) is 5. The maximum Gasteiger partial charge on any atom is 0.357 e. The number of nitrogen functional groups attached to an aromatic ring is 2. The minimum atomic E-state index is -4.67. The first-order valence-electron chi connectivity index (χ1n) is 3.72. The van der Waals surface area contributed by atoms with Crippen LogP contribution in [0.15, 0.2) is 12.1 Å². The lowest BCUT2D eigenvalue weighted by Gasteiger charge is -2.11. The summed E-state index contributed by atoms with van der Waals surface area (Å²) in [5, 5.41) is 8.12. The van der Waals surface area contributed by atoms with Gasteiger partial charge in [-0.25, -0.2) is 4.79 Å². The normalized spacial score (nSPS) is 11.3. The van der Waals surface area contributed by atoms with Gasteiger partial charge in [0.05, 0.1) is 22.2 Å². The maximum atomic E-state index is 11.0. The second-order valence-electron chi connectivity index (χ2n) is 2.81. The number of carboxylic acid groups (broad SMARTS) is 1. The molecule has 0 aliphatic heterocycles. The van der Waals surface area contributed by atoms with Crippen molar-refractivity contribution in [1.82, 2.24) is 0 Å². The Hall–Kier alpha value is -1.56. The first kappa shape index (κ1) is 11.5. The standard InChI is InChI=1S/C7H9N2O5P/c8-3-1-2-4(15(12,13)14)5(6(3)9)7(10)11/h1-2H,8-9H2,(H,10,11)(H2,12,13,14). The van der Waals surface area contributed by atoms with Crippen molar-refractivity contribution in [2.24, 2.45) is 0 Å². The third kappa shape index (κ3) is 2.10. The van der Waals surface area contributed by atoms with Gasteiger partial charge >= 0.3 is 13.6 Å². The number of anilines is 2. The Bertz CT molecular complexity index is 467. The molecule has 0 heterocycles. The van der Waals surface area contributed by atoms with Gasteiger partial charge in [-0.2, -0.15) is 0 Å². The Morgan fingerprint density at radius 3 is 2.20 bits per heavy atom. The lowest BCUT2D eigenvalue weighted by molar-refractivity contribution is 0.0699. The number of aromatic carboxylic acids is 1. The molecule has 0 atom stereocenters. The van der Waals surface area contributed by atoms with E-state index in [0.717, 1.165) is 12.1 Å². The van der Waals surface area contributed by atoms with Crippen LogP contribution in [0.1, 0.15) is 10.4 Å². The molecule has 0 bridgehead atoms. The molecule has 0 saturated heterocycles. The summed E-state index contributed by atoms with van der Waals surface area (Å²) in [6, 6.07) is 2.10. The van der Waals surface area contributed by atoms with E-state index < -0.39 is 24.4 Å². The van der Waals surface area contributed by atoms with E-state index in [0.29, 0.717) is 0 Å². The third-order valence-corrected chi connectivity index (χ3v) is 2.79. The molecule has 7 N–H and O–H groups in total. The first-order chi connectivity index (χ1) is 6.75. The predicted molar refractivity (Wildman–Crippen MR) is 53.9 cm³/mol. The van der Waals surface area contributed by atoms with Crippen LogP contribution >= 0.6 is 7.60 Å². The van der Waals surface area contributed by atoms with Crippen LogP contribution in [-0.4, -0.2) is 20.9 Å². The number of hydrogen-bond acceptors (Lipinski definition) is 4. The molecule has 1 rings (SSSR count). The van der Waals surface area contributed by atoms with Crippen molar-refractivity contribution in [1.29, 1.82) is 0 Å². The van der Waals surface area contributed by atoms with Crippen LogP contribution in [0.3, 0.4) is 0 Å². The van der Waals surface area contributed by atoms with Gasteiger partial charge in [0.25, 0.3) is 0 Å². The summed E-state index contributed by atoms with van der Waals surface area (Å²) in [5.41, 5.74) is 9.63. The summed E-state index contributed by atoms with van der Waals surface area (Å²) >= 11 is 0. The highest BCUT2D eigenvalue weighted by Crippen LogP contribution is 2.37. The number of nitrogens with two attached hydrogens (primary N) is 2. The van der Waals surface area contributed by atoms with E-state index in [9.17, 15) is 9.36 Å². The topological polar surface area (TPSA) is 147 Å². The lowest BCUT2D eigenvalue weighted by atomic mass is 10.1. The molecule has 7 nitrogen and oxygen atoms in total. The molecule has 0 aliphatic rings. The highest BCUT2D eigenvalue weighted by molar-refractivity contribution is 7.60. The highest BCUT2D eigenvalue weighted by atomic mass is 31.2. The zero-order chi connectivity index (χ0) is 11.8. The Morgan fingerprint density at radius 2 is 1.80 bits per heavy atom. The van der Waals surface area contributed by atoms with Crippen molar-refractivity contribution in [2.75, 3.05) is 11.5 Å². The van der Waals surface area contributed by atoms with Gasteiger partial charge in [-0.05, 0) is 12.1 Å². The van der Waals surface area contributed by atoms with Crippen LogP contribution in [0.2, 0.25) is 0 Å². The van der Waals surface area contributed by atoms with Crippen LogP contribution < -0.4 is 16.8 Å². The van der Waals surface area contributed by atoms with Gasteiger partial charge in [-0.1, -0.05) is 0 Å². The molecule has 8 heteroatoms. The Kier molecular flexibility index (Phi) is 2.72. The van der Waals surface area contributed by atoms with E-state index in [-0.39, 0.29) is 11.4 Å². The third-order valence-electron chi connectivity index (χ3n) is 1.78. The molecule has 0 fully saturated rings. The summed E-state index contributed by atoms with van der Waals surface area (Å²) < 4.78 is 11.0. The summed E-state index contributed by atoms with van der Waals surface area (Å²) in [6.45, 7) is 0. The van der Waals surface area contributed by atoms with Crippen LogP contribution in [0.4, 0.5) is 11.4 Å². The van der Waals surface area contributed by atoms with Crippen molar-refractivity contribution >= 4 is 30.2 Å². The Morgan fingerprint density at radius 1 is 1.27 bits per heavy atom. The predicted octanol–water partition coefficient (Wildman–Crippen LogP) is -0.648. The molecule has 0 saturated carbocycles. The average Bonchev–Trinajstić information content (AvgIpc) is 2.06. The van der Waals surface area contributed by atoms with Crippen LogP contribution in [0, 0.1) is 0 Å². The largest absolute Gasteiger partial charge is 0.478 e. The molecular weight excluding hydrogens is 223 g/mol. The lowest BCUT2D eigenvalue weighted by Crippen LogP contribution is -2.19. The molecule has 0 unspecified atom stereocenters. The van der Waals surface area contributed by atoms with E-state index >= 15 is 0 Å². The molecule has 0 aromatic heterocycles. The SMILES string of the molecule is Nc1ccc(P(=O)(O)O)c(C(=O)O)c1N. The first-order valence-corrected chi connectivity index (χ1v) is 5.33. The summed E-state index contributed by atoms with van der Waals surface area (Å²) in [6.07, 6.45) is 0. The second-order valence-corrected chi connectivity index (χ2v) is 4.38. The van der Waals surface area contributed by atoms with E-state index in [2.05, 4.69) is 0 Å². The Balaban J connectivity index is 3.62. The molecule has 15 heavy (non-hydrogen) atoms. The van der Waals surface area contributed by atoms with E-state index in [4.69, 9.17) is 26.4 Å². The van der Waals surface area contributed by atoms with Gasteiger partial charge in [0.15, 0.2) is 0 Å². The van der Waals surface area contributed by atoms with Crippen LogP contribution in [-0.2, 0) is 4.57 Å². The van der Waals surface area contributed by atoms with Crippen LogP contribution in [0.25, 0.3) is 0 Å². The van der Waals surface area contributed by atoms with E-state index in [1.54, 1.807) is 0 Å². The van der Waals surface area contributed by atoms with Crippen LogP contribution in [0.5, 0.6) is 0 Å². The van der Waals surface area contributed by atoms with Gasteiger partial charge < -0.3 is 26.4 Å². The monoisotopic (exact) mass is 232 g/mol. The zero-order valence-corrected chi connectivity index (χ0v) is 8.31. The number of benzene rings is 1. The molecule has 0 spiro atoms. The van der Waals surface area contributed by atoms with Gasteiger partial charge in [-0.3, -0.25) is 4.57 Å². The average molecular weight is 232 g/mol. The number of rotatable bonds is 2.